The molecule has 0 saturated carbocycles. The third kappa shape index (κ3) is 1.56. The zero-order valence-corrected chi connectivity index (χ0v) is 7.17. The summed E-state index contributed by atoms with van der Waals surface area (Å²) in [4.78, 5) is 13.7. The Morgan fingerprint density at radius 3 is 2.73 bits per heavy atom. The minimum Gasteiger partial charge on any atom is -0.296 e. The Balaban J connectivity index is 2.74. The smallest absolute Gasteiger partial charge is 0.296 e. The highest BCUT2D eigenvalue weighted by molar-refractivity contribution is 5.93. The maximum Gasteiger partial charge on any atom is 0.433 e. The Kier molecular flexibility index (Phi) is 1.95. The molecule has 7 heteroatoms. The molecule has 15 heavy (non-hydrogen) atoms. The van der Waals surface area contributed by atoms with Crippen LogP contribution in [0.25, 0.3) is 10.9 Å². The van der Waals surface area contributed by atoms with Crippen LogP contribution in [-0.4, -0.2) is 21.5 Å². The molecule has 0 aliphatic carbocycles. The number of hydrogen-bond acceptors (Lipinski definition) is 3. The highest BCUT2D eigenvalue weighted by atomic mass is 19.4. The second kappa shape index (κ2) is 3.04. The lowest BCUT2D eigenvalue weighted by Gasteiger charge is -2.05. The number of carbonyl (C=O) groups is 1. The molecule has 0 radical (unpaired) electrons. The number of hydrogen-bond donors (Lipinski definition) is 1. The average molecular weight is 215 g/mol. The molecule has 78 valence electrons. The van der Waals surface area contributed by atoms with Crippen molar-refractivity contribution < 1.29 is 18.0 Å². The van der Waals surface area contributed by atoms with Crippen LogP contribution in [0.1, 0.15) is 16.2 Å². The highest BCUT2D eigenvalue weighted by Gasteiger charge is 2.33. The van der Waals surface area contributed by atoms with Gasteiger partial charge in [0, 0.05) is 5.39 Å². The molecule has 0 unspecified atom stereocenters. The molecule has 0 spiro atoms. The van der Waals surface area contributed by atoms with Gasteiger partial charge in [-0.1, -0.05) is 0 Å². The van der Waals surface area contributed by atoms with Gasteiger partial charge in [0.15, 0.2) is 6.29 Å². The maximum absolute atomic E-state index is 12.3. The van der Waals surface area contributed by atoms with Gasteiger partial charge in [0.05, 0.1) is 11.7 Å². The summed E-state index contributed by atoms with van der Waals surface area (Å²) in [6.45, 7) is 0. The number of halogens is 3. The van der Waals surface area contributed by atoms with Gasteiger partial charge in [0.2, 0.25) is 0 Å². The summed E-state index contributed by atoms with van der Waals surface area (Å²) in [6, 6.07) is 0.839. The molecule has 0 amide bonds. The van der Waals surface area contributed by atoms with Gasteiger partial charge in [-0.15, -0.1) is 0 Å². The molecule has 0 saturated heterocycles. The summed E-state index contributed by atoms with van der Waals surface area (Å²) >= 11 is 0. The molecule has 2 heterocycles. The molecule has 2 rings (SSSR count). The van der Waals surface area contributed by atoms with Crippen molar-refractivity contribution in [2.24, 2.45) is 0 Å². The van der Waals surface area contributed by atoms with E-state index in [1.165, 1.54) is 6.20 Å². The van der Waals surface area contributed by atoms with Gasteiger partial charge in [0.1, 0.15) is 11.4 Å². The fraction of sp³-hybridized carbons (Fsp3) is 0.125. The summed E-state index contributed by atoms with van der Waals surface area (Å²) in [7, 11) is 0. The number of nitrogens with zero attached hydrogens (tertiary/aromatic N) is 2. The summed E-state index contributed by atoms with van der Waals surface area (Å²) in [5, 5.41) is 6.16. The predicted octanol–water partition coefficient (Wildman–Crippen LogP) is 1.79. The number of H-pyrrole nitrogens is 1. The molecule has 0 aromatic carbocycles. The predicted molar refractivity (Wildman–Crippen MR) is 44.3 cm³/mol. The summed E-state index contributed by atoms with van der Waals surface area (Å²) in [6.07, 6.45) is -3.10. The van der Waals surface area contributed by atoms with Gasteiger partial charge in [-0.05, 0) is 6.07 Å². The van der Waals surface area contributed by atoms with Crippen LogP contribution >= 0.6 is 0 Å². The van der Waals surface area contributed by atoms with E-state index in [1.54, 1.807) is 0 Å². The Morgan fingerprint density at radius 2 is 2.13 bits per heavy atom. The molecule has 4 nitrogen and oxygen atoms in total. The molecule has 0 atom stereocenters. The van der Waals surface area contributed by atoms with Crippen LogP contribution in [0.3, 0.4) is 0 Å². The number of aldehydes is 1. The molecule has 1 N–H and O–H groups in total. The molecular weight excluding hydrogens is 211 g/mol. The number of rotatable bonds is 1. The van der Waals surface area contributed by atoms with Crippen molar-refractivity contribution >= 4 is 17.2 Å². The second-order valence-electron chi connectivity index (χ2n) is 2.84. The summed E-state index contributed by atoms with van der Waals surface area (Å²) in [5.41, 5.74) is -1.19. The standard InChI is InChI=1S/C8H4F3N3O/c9-8(10,11)6-1-4-2-12-14-7(4)5(3-15)13-6/h1-3H,(H,12,14). The van der Waals surface area contributed by atoms with Crippen LogP contribution in [0, 0.1) is 0 Å². The monoisotopic (exact) mass is 215 g/mol. The number of fused-ring (bicyclic) bond motifs is 1. The van der Waals surface area contributed by atoms with Crippen LogP contribution in [0.4, 0.5) is 13.2 Å². The molecule has 0 aliphatic heterocycles. The van der Waals surface area contributed by atoms with Crippen LogP contribution in [0.15, 0.2) is 12.3 Å². The summed E-state index contributed by atoms with van der Waals surface area (Å²) < 4.78 is 37.0. The van der Waals surface area contributed by atoms with E-state index in [9.17, 15) is 18.0 Å². The molecule has 2 aromatic rings. The van der Waals surface area contributed by atoms with Crippen molar-refractivity contribution in [2.75, 3.05) is 0 Å². The van der Waals surface area contributed by atoms with E-state index in [-0.39, 0.29) is 22.9 Å². The number of aromatic amines is 1. The largest absolute Gasteiger partial charge is 0.433 e. The Hall–Kier alpha value is -1.92. The topological polar surface area (TPSA) is 58.6 Å². The zero-order valence-electron chi connectivity index (χ0n) is 7.17. The number of aromatic nitrogens is 3. The first-order valence-electron chi connectivity index (χ1n) is 3.89. The van der Waals surface area contributed by atoms with Gasteiger partial charge in [-0.3, -0.25) is 9.89 Å². The maximum atomic E-state index is 12.3. The van der Waals surface area contributed by atoms with Crippen molar-refractivity contribution in [3.05, 3.63) is 23.7 Å². The van der Waals surface area contributed by atoms with Crippen molar-refractivity contribution in [1.82, 2.24) is 15.2 Å². The molecule has 0 aliphatic rings. The lowest BCUT2D eigenvalue weighted by atomic mass is 10.2. The first kappa shape index (κ1) is 9.63. The fourth-order valence-corrected chi connectivity index (χ4v) is 1.21. The number of carbonyl (C=O) groups excluding carboxylic acids is 1. The van der Waals surface area contributed by atoms with E-state index in [1.807, 2.05) is 0 Å². The van der Waals surface area contributed by atoms with Crippen molar-refractivity contribution in [3.8, 4) is 0 Å². The third-order valence-corrected chi connectivity index (χ3v) is 1.86. The van der Waals surface area contributed by atoms with Crippen LogP contribution < -0.4 is 0 Å². The molecule has 2 aromatic heterocycles. The summed E-state index contributed by atoms with van der Waals surface area (Å²) in [5.74, 6) is 0. The molecule has 0 bridgehead atoms. The molecule has 0 fully saturated rings. The van der Waals surface area contributed by atoms with E-state index in [0.717, 1.165) is 6.07 Å². The van der Waals surface area contributed by atoms with E-state index < -0.39 is 11.9 Å². The first-order valence-corrected chi connectivity index (χ1v) is 3.89. The number of nitrogens with one attached hydrogen (secondary N) is 1. The third-order valence-electron chi connectivity index (χ3n) is 1.86. The Labute approximate surface area is 81.1 Å². The van der Waals surface area contributed by atoms with E-state index in [2.05, 4.69) is 15.2 Å². The normalized spacial score (nSPS) is 11.9. The van der Waals surface area contributed by atoms with Crippen LogP contribution in [-0.2, 0) is 6.18 Å². The minimum absolute atomic E-state index is 0.206. The lowest BCUT2D eigenvalue weighted by Crippen LogP contribution is -2.09. The molecular formula is C8H4F3N3O. The van der Waals surface area contributed by atoms with Crippen molar-refractivity contribution in [2.45, 2.75) is 6.18 Å². The SMILES string of the molecule is O=Cc1nc(C(F)(F)F)cc2cn[nH]c12. The number of alkyl halides is 3. The van der Waals surface area contributed by atoms with E-state index >= 15 is 0 Å². The number of pyridine rings is 1. The van der Waals surface area contributed by atoms with Gasteiger partial charge >= 0.3 is 6.18 Å². The van der Waals surface area contributed by atoms with Gasteiger partial charge in [0.25, 0.3) is 0 Å². The van der Waals surface area contributed by atoms with Gasteiger partial charge in [-0.2, -0.15) is 18.3 Å². The van der Waals surface area contributed by atoms with E-state index in [0.29, 0.717) is 0 Å². The second-order valence-corrected chi connectivity index (χ2v) is 2.84. The van der Waals surface area contributed by atoms with Gasteiger partial charge in [-0.25, -0.2) is 4.98 Å². The van der Waals surface area contributed by atoms with Crippen molar-refractivity contribution in [1.29, 1.82) is 0 Å². The minimum atomic E-state index is -4.57. The fourth-order valence-electron chi connectivity index (χ4n) is 1.21. The Bertz CT molecular complexity index is 517. The highest BCUT2D eigenvalue weighted by Crippen LogP contribution is 2.29. The van der Waals surface area contributed by atoms with Crippen LogP contribution in [0.2, 0.25) is 0 Å². The zero-order chi connectivity index (χ0) is 11.1. The van der Waals surface area contributed by atoms with E-state index in [4.69, 9.17) is 0 Å². The quantitative estimate of drug-likeness (QED) is 0.737. The van der Waals surface area contributed by atoms with Crippen molar-refractivity contribution in [3.63, 3.8) is 0 Å². The van der Waals surface area contributed by atoms with Crippen LogP contribution in [0.5, 0.6) is 0 Å². The van der Waals surface area contributed by atoms with Gasteiger partial charge < -0.3 is 0 Å². The lowest BCUT2D eigenvalue weighted by molar-refractivity contribution is -0.141. The average Bonchev–Trinajstić information content (AvgIpc) is 2.62. The Morgan fingerprint density at radius 1 is 1.40 bits per heavy atom. The first-order chi connectivity index (χ1) is 7.02.